The molecule has 0 aromatic carbocycles. The molecule has 3 nitrogen and oxygen atoms in total. The van der Waals surface area contributed by atoms with Gasteiger partial charge in [0.2, 0.25) is 0 Å². The van der Waals surface area contributed by atoms with Crippen molar-refractivity contribution in [2.45, 2.75) is 38.3 Å². The van der Waals surface area contributed by atoms with E-state index in [1.807, 2.05) is 13.8 Å². The minimum Gasteiger partial charge on any atom is -0.389 e. The summed E-state index contributed by atoms with van der Waals surface area (Å²) in [4.78, 5) is 2.19. The molecule has 0 spiro atoms. The maximum absolute atomic E-state index is 9.64. The summed E-state index contributed by atoms with van der Waals surface area (Å²) in [6.07, 6.45) is 2.33. The topological polar surface area (TPSA) is 32.7 Å². The number of rotatable bonds is 3. The van der Waals surface area contributed by atoms with Crippen LogP contribution in [0.4, 0.5) is 0 Å². The molecule has 1 N–H and O–H groups in total. The molecule has 1 heterocycles. The maximum atomic E-state index is 9.64. The zero-order valence-corrected chi connectivity index (χ0v) is 8.92. The van der Waals surface area contributed by atoms with Gasteiger partial charge < -0.3 is 9.84 Å². The van der Waals surface area contributed by atoms with Crippen LogP contribution in [0, 0.1) is 0 Å². The van der Waals surface area contributed by atoms with E-state index < -0.39 is 5.60 Å². The van der Waals surface area contributed by atoms with Crippen LogP contribution in [-0.4, -0.2) is 48.5 Å². The van der Waals surface area contributed by atoms with E-state index in [2.05, 4.69) is 11.9 Å². The largest absolute Gasteiger partial charge is 0.389 e. The third-order valence-electron chi connectivity index (χ3n) is 2.40. The summed E-state index contributed by atoms with van der Waals surface area (Å²) in [5, 5.41) is 9.64. The van der Waals surface area contributed by atoms with Gasteiger partial charge >= 0.3 is 0 Å². The first-order chi connectivity index (χ1) is 5.99. The first-order valence-electron chi connectivity index (χ1n) is 4.99. The lowest BCUT2D eigenvalue weighted by atomic mass is 10.1. The molecule has 0 aliphatic carbocycles. The minimum atomic E-state index is -0.605. The second kappa shape index (κ2) is 4.40. The fourth-order valence-corrected chi connectivity index (χ4v) is 1.81. The molecule has 0 radical (unpaired) electrons. The molecule has 3 heteroatoms. The number of hydrogen-bond acceptors (Lipinski definition) is 3. The van der Waals surface area contributed by atoms with Gasteiger partial charge in [-0.25, -0.2) is 0 Å². The summed E-state index contributed by atoms with van der Waals surface area (Å²) in [5.74, 6) is 0. The van der Waals surface area contributed by atoms with E-state index in [1.165, 1.54) is 6.42 Å². The van der Waals surface area contributed by atoms with Gasteiger partial charge in [-0.1, -0.05) is 0 Å². The lowest BCUT2D eigenvalue weighted by Crippen LogP contribution is -2.45. The van der Waals surface area contributed by atoms with Crippen molar-refractivity contribution in [3.8, 4) is 0 Å². The Kier molecular flexibility index (Phi) is 3.71. The fraction of sp³-hybridized carbons (Fsp3) is 1.00. The third kappa shape index (κ3) is 4.07. The normalized spacial score (nSPS) is 25.2. The molecular formula is C10H21NO2. The lowest BCUT2D eigenvalue weighted by Gasteiger charge is -2.34. The van der Waals surface area contributed by atoms with Gasteiger partial charge in [0.1, 0.15) is 0 Å². The summed E-state index contributed by atoms with van der Waals surface area (Å²) in [7, 11) is 2.05. The zero-order chi connectivity index (χ0) is 9.90. The second-order valence-electron chi connectivity index (χ2n) is 4.60. The second-order valence-corrected chi connectivity index (χ2v) is 4.60. The number of aliphatic hydroxyl groups is 1. The molecule has 0 saturated carbocycles. The minimum absolute atomic E-state index is 0.486. The zero-order valence-electron chi connectivity index (χ0n) is 8.92. The van der Waals surface area contributed by atoms with E-state index >= 15 is 0 Å². The van der Waals surface area contributed by atoms with E-state index in [9.17, 15) is 5.11 Å². The molecule has 0 amide bonds. The Morgan fingerprint density at radius 3 is 2.69 bits per heavy atom. The maximum Gasteiger partial charge on any atom is 0.0718 e. The average Bonchev–Trinajstić information content (AvgIpc) is 2.03. The Bertz CT molecular complexity index is 147. The van der Waals surface area contributed by atoms with Crippen molar-refractivity contribution < 1.29 is 9.84 Å². The Labute approximate surface area is 80.7 Å². The van der Waals surface area contributed by atoms with Gasteiger partial charge in [-0.05, 0) is 33.7 Å². The molecule has 1 aliphatic heterocycles. The van der Waals surface area contributed by atoms with Gasteiger partial charge in [-0.15, -0.1) is 0 Å². The fourth-order valence-electron chi connectivity index (χ4n) is 1.81. The van der Waals surface area contributed by atoms with Gasteiger partial charge in [0, 0.05) is 19.2 Å². The average molecular weight is 187 g/mol. The summed E-state index contributed by atoms with van der Waals surface area (Å²) in [6, 6.07) is 0.486. The highest BCUT2D eigenvalue weighted by molar-refractivity contribution is 4.77. The Morgan fingerprint density at radius 2 is 2.23 bits per heavy atom. The van der Waals surface area contributed by atoms with Gasteiger partial charge in [0.25, 0.3) is 0 Å². The van der Waals surface area contributed by atoms with Gasteiger partial charge in [0.05, 0.1) is 12.2 Å². The van der Waals surface area contributed by atoms with Crippen molar-refractivity contribution in [1.82, 2.24) is 4.90 Å². The van der Waals surface area contributed by atoms with Crippen LogP contribution < -0.4 is 0 Å². The van der Waals surface area contributed by atoms with Crippen LogP contribution >= 0.6 is 0 Å². The first-order valence-corrected chi connectivity index (χ1v) is 4.99. The van der Waals surface area contributed by atoms with E-state index in [0.29, 0.717) is 12.6 Å². The van der Waals surface area contributed by atoms with Crippen LogP contribution in [0.15, 0.2) is 0 Å². The molecule has 13 heavy (non-hydrogen) atoms. The monoisotopic (exact) mass is 187 g/mol. The molecule has 0 aromatic rings. The summed E-state index contributed by atoms with van der Waals surface area (Å²) in [6.45, 7) is 6.10. The van der Waals surface area contributed by atoms with Crippen LogP contribution in [-0.2, 0) is 4.74 Å². The van der Waals surface area contributed by atoms with Gasteiger partial charge in [-0.2, -0.15) is 0 Å². The summed E-state index contributed by atoms with van der Waals surface area (Å²) in [5.41, 5.74) is -0.605. The smallest absolute Gasteiger partial charge is 0.0718 e. The summed E-state index contributed by atoms with van der Waals surface area (Å²) < 4.78 is 5.39. The molecule has 0 bridgehead atoms. The molecule has 1 atom stereocenters. The van der Waals surface area contributed by atoms with Gasteiger partial charge in [-0.3, -0.25) is 4.90 Å². The van der Waals surface area contributed by atoms with Crippen LogP contribution in [0.3, 0.4) is 0 Å². The molecular weight excluding hydrogens is 166 g/mol. The van der Waals surface area contributed by atoms with Crippen molar-refractivity contribution in [2.75, 3.05) is 26.8 Å². The predicted octanol–water partition coefficient (Wildman–Crippen LogP) is 0.868. The quantitative estimate of drug-likeness (QED) is 0.711. The Morgan fingerprint density at radius 1 is 1.54 bits per heavy atom. The standard InChI is InChI=1S/C10H21NO2/c1-10(2,12)8-11(3)9-5-4-6-13-7-9/h9,12H,4-8H2,1-3H3. The highest BCUT2D eigenvalue weighted by Crippen LogP contribution is 2.14. The lowest BCUT2D eigenvalue weighted by molar-refractivity contribution is -0.0130. The van der Waals surface area contributed by atoms with Crippen molar-refractivity contribution in [3.05, 3.63) is 0 Å². The molecule has 1 rings (SSSR count). The number of likely N-dealkylation sites (N-methyl/N-ethyl adjacent to an activating group) is 1. The Hall–Kier alpha value is -0.120. The molecule has 1 aliphatic rings. The predicted molar refractivity (Wildman–Crippen MR) is 52.8 cm³/mol. The molecule has 1 saturated heterocycles. The highest BCUT2D eigenvalue weighted by atomic mass is 16.5. The van der Waals surface area contributed by atoms with Crippen LogP contribution in [0.25, 0.3) is 0 Å². The number of ether oxygens (including phenoxy) is 1. The molecule has 1 unspecified atom stereocenters. The van der Waals surface area contributed by atoms with Crippen LogP contribution in [0.2, 0.25) is 0 Å². The number of hydrogen-bond donors (Lipinski definition) is 1. The number of nitrogens with zero attached hydrogens (tertiary/aromatic N) is 1. The van der Waals surface area contributed by atoms with Crippen molar-refractivity contribution in [1.29, 1.82) is 0 Å². The summed E-state index contributed by atoms with van der Waals surface area (Å²) >= 11 is 0. The van der Waals surface area contributed by atoms with E-state index in [0.717, 1.165) is 19.6 Å². The molecule has 1 fully saturated rings. The van der Waals surface area contributed by atoms with Crippen molar-refractivity contribution >= 4 is 0 Å². The van der Waals surface area contributed by atoms with Crippen LogP contribution in [0.5, 0.6) is 0 Å². The SMILES string of the molecule is CN(CC(C)(C)O)C1CCCOC1. The van der Waals surface area contributed by atoms with Crippen molar-refractivity contribution in [2.24, 2.45) is 0 Å². The van der Waals surface area contributed by atoms with E-state index in [1.54, 1.807) is 0 Å². The van der Waals surface area contributed by atoms with Crippen LogP contribution in [0.1, 0.15) is 26.7 Å². The van der Waals surface area contributed by atoms with E-state index in [-0.39, 0.29) is 0 Å². The van der Waals surface area contributed by atoms with Gasteiger partial charge in [0.15, 0.2) is 0 Å². The Balaban J connectivity index is 2.33. The third-order valence-corrected chi connectivity index (χ3v) is 2.40. The van der Waals surface area contributed by atoms with E-state index in [4.69, 9.17) is 4.74 Å². The highest BCUT2D eigenvalue weighted by Gasteiger charge is 2.23. The first kappa shape index (κ1) is 11.0. The molecule has 0 aromatic heterocycles. The molecule has 78 valence electrons. The van der Waals surface area contributed by atoms with Crippen molar-refractivity contribution in [3.63, 3.8) is 0 Å².